The molecule has 0 atom stereocenters. The van der Waals surface area contributed by atoms with E-state index in [0.29, 0.717) is 10.0 Å². The number of fused-ring (bicyclic) bond motifs is 1. The zero-order chi connectivity index (χ0) is 11.8. The lowest BCUT2D eigenvalue weighted by molar-refractivity contribution is 0.476. The van der Waals surface area contributed by atoms with Gasteiger partial charge < -0.3 is 5.11 Å². The van der Waals surface area contributed by atoms with Gasteiger partial charge in [0.2, 0.25) is 0 Å². The number of hydrogen-bond donors (Lipinski definition) is 1. The Morgan fingerprint density at radius 1 is 1.12 bits per heavy atom. The van der Waals surface area contributed by atoms with Gasteiger partial charge in [-0.15, -0.1) is 22.7 Å². The second kappa shape index (κ2) is 3.90. The van der Waals surface area contributed by atoms with Crippen molar-refractivity contribution in [2.24, 2.45) is 0 Å². The first-order valence-corrected chi connectivity index (χ1v) is 6.48. The number of nitrogens with zero attached hydrogens (tertiary/aromatic N) is 2. The van der Waals surface area contributed by atoms with Crippen molar-refractivity contribution in [3.05, 3.63) is 40.0 Å². The van der Waals surface area contributed by atoms with Crippen LogP contribution in [0.1, 0.15) is 0 Å². The molecule has 84 valence electrons. The van der Waals surface area contributed by atoms with Gasteiger partial charge in [0, 0.05) is 6.07 Å². The highest BCUT2D eigenvalue weighted by molar-refractivity contribution is 7.24. The summed E-state index contributed by atoms with van der Waals surface area (Å²) in [6.07, 6.45) is 0. The van der Waals surface area contributed by atoms with Crippen molar-refractivity contribution in [1.29, 1.82) is 0 Å². The summed E-state index contributed by atoms with van der Waals surface area (Å²) in [4.78, 5) is 19.5. The van der Waals surface area contributed by atoms with Crippen molar-refractivity contribution >= 4 is 32.9 Å². The molecule has 0 saturated carbocycles. The second-order valence-electron chi connectivity index (χ2n) is 3.35. The van der Waals surface area contributed by atoms with Gasteiger partial charge >= 0.3 is 0 Å². The first kappa shape index (κ1) is 10.4. The Kier molecular flexibility index (Phi) is 2.38. The smallest absolute Gasteiger partial charge is 0.271 e. The van der Waals surface area contributed by atoms with E-state index in [9.17, 15) is 9.90 Å². The molecule has 2 aromatic heterocycles. The van der Waals surface area contributed by atoms with Crippen LogP contribution in [-0.2, 0) is 0 Å². The van der Waals surface area contributed by atoms with E-state index in [1.807, 2.05) is 0 Å². The fourth-order valence-corrected chi connectivity index (χ4v) is 3.18. The van der Waals surface area contributed by atoms with E-state index in [1.165, 1.54) is 28.7 Å². The number of phenols is 1. The number of aromatic nitrogens is 2. The summed E-state index contributed by atoms with van der Waals surface area (Å²) in [6, 6.07) is 6.42. The normalized spacial score (nSPS) is 10.8. The fourth-order valence-electron chi connectivity index (χ4n) is 1.42. The summed E-state index contributed by atoms with van der Waals surface area (Å²) in [5.41, 5.74) is 0.536. The van der Waals surface area contributed by atoms with Gasteiger partial charge in [-0.2, -0.15) is 4.98 Å². The molecule has 0 radical (unpaired) electrons. The lowest BCUT2D eigenvalue weighted by Crippen LogP contribution is -2.01. The maximum absolute atomic E-state index is 11.2. The quantitative estimate of drug-likeness (QED) is 0.731. The number of thiazole rings is 1. The standard InChI is InChI=1S/C11H6N2O2S2/c14-6-1-2-7-8(5-6)17-11(12-7)10-13-9(15)3-4-16-10/h1-5,14H. The predicted molar refractivity (Wildman–Crippen MR) is 68.7 cm³/mol. The highest BCUT2D eigenvalue weighted by atomic mass is 32.1. The summed E-state index contributed by atoms with van der Waals surface area (Å²) < 4.78 is 0.880. The minimum absolute atomic E-state index is 0.210. The molecular formula is C11H6N2O2S2. The molecule has 4 nitrogen and oxygen atoms in total. The van der Waals surface area contributed by atoms with Gasteiger partial charge in [0.05, 0.1) is 10.2 Å². The minimum atomic E-state index is -0.263. The Morgan fingerprint density at radius 2 is 2.00 bits per heavy atom. The summed E-state index contributed by atoms with van der Waals surface area (Å²) >= 11 is 2.78. The Labute approximate surface area is 104 Å². The largest absolute Gasteiger partial charge is 0.508 e. The van der Waals surface area contributed by atoms with Gasteiger partial charge in [-0.3, -0.25) is 4.79 Å². The molecule has 1 N–H and O–H groups in total. The fraction of sp³-hybridized carbons (Fsp3) is 0. The van der Waals surface area contributed by atoms with Crippen molar-refractivity contribution in [2.75, 3.05) is 0 Å². The van der Waals surface area contributed by atoms with E-state index in [2.05, 4.69) is 9.97 Å². The van der Waals surface area contributed by atoms with Crippen molar-refractivity contribution < 1.29 is 5.11 Å². The van der Waals surface area contributed by atoms with Gasteiger partial charge in [-0.1, -0.05) is 0 Å². The second-order valence-corrected chi connectivity index (χ2v) is 5.27. The number of hydrogen-bond acceptors (Lipinski definition) is 6. The molecule has 2 heterocycles. The molecule has 0 aliphatic heterocycles. The Bertz CT molecular complexity index is 748. The van der Waals surface area contributed by atoms with Crippen molar-refractivity contribution in [3.8, 4) is 15.8 Å². The lowest BCUT2D eigenvalue weighted by Gasteiger charge is -1.89. The van der Waals surface area contributed by atoms with Gasteiger partial charge in [0.15, 0.2) is 10.0 Å². The molecule has 0 fully saturated rings. The van der Waals surface area contributed by atoms with Gasteiger partial charge in [-0.05, 0) is 23.6 Å². The Hall–Kier alpha value is -1.79. The molecular weight excluding hydrogens is 256 g/mol. The summed E-state index contributed by atoms with van der Waals surface area (Å²) in [5, 5.41) is 12.4. The molecule has 0 aliphatic rings. The molecule has 0 saturated heterocycles. The number of rotatable bonds is 1. The monoisotopic (exact) mass is 262 g/mol. The number of benzene rings is 1. The average molecular weight is 262 g/mol. The molecule has 3 aromatic rings. The molecule has 0 bridgehead atoms. The van der Waals surface area contributed by atoms with Crippen LogP contribution in [-0.4, -0.2) is 15.1 Å². The summed E-state index contributed by atoms with van der Waals surface area (Å²) in [5.74, 6) is 0.210. The number of aromatic hydroxyl groups is 1. The molecule has 0 unspecified atom stereocenters. The predicted octanol–water partition coefficient (Wildman–Crippen LogP) is 2.49. The third-order valence-electron chi connectivity index (χ3n) is 2.16. The highest BCUT2D eigenvalue weighted by Crippen LogP contribution is 2.31. The van der Waals surface area contributed by atoms with E-state index >= 15 is 0 Å². The van der Waals surface area contributed by atoms with Gasteiger partial charge in [0.1, 0.15) is 5.75 Å². The van der Waals surface area contributed by atoms with Gasteiger partial charge in [0.25, 0.3) is 5.56 Å². The van der Waals surface area contributed by atoms with Crippen LogP contribution in [0, 0.1) is 0 Å². The molecule has 3 rings (SSSR count). The van der Waals surface area contributed by atoms with Crippen LogP contribution in [0.15, 0.2) is 34.4 Å². The van der Waals surface area contributed by atoms with E-state index < -0.39 is 0 Å². The zero-order valence-electron chi connectivity index (χ0n) is 8.45. The molecule has 17 heavy (non-hydrogen) atoms. The third kappa shape index (κ3) is 1.92. The Morgan fingerprint density at radius 3 is 2.82 bits per heavy atom. The summed E-state index contributed by atoms with van der Waals surface area (Å²) in [7, 11) is 0. The van der Waals surface area contributed by atoms with E-state index in [4.69, 9.17) is 0 Å². The lowest BCUT2D eigenvalue weighted by atomic mass is 10.3. The number of phenolic OH excluding ortho intramolecular Hbond substituents is 1. The molecule has 6 heteroatoms. The minimum Gasteiger partial charge on any atom is -0.508 e. The van der Waals surface area contributed by atoms with E-state index in [-0.39, 0.29) is 11.3 Å². The maximum Gasteiger partial charge on any atom is 0.271 e. The van der Waals surface area contributed by atoms with Crippen LogP contribution in [0.5, 0.6) is 5.75 Å². The van der Waals surface area contributed by atoms with Crippen molar-refractivity contribution in [3.63, 3.8) is 0 Å². The van der Waals surface area contributed by atoms with E-state index in [1.54, 1.807) is 23.6 Å². The van der Waals surface area contributed by atoms with Crippen LogP contribution < -0.4 is 5.56 Å². The zero-order valence-corrected chi connectivity index (χ0v) is 10.1. The van der Waals surface area contributed by atoms with Crippen molar-refractivity contribution in [2.45, 2.75) is 0 Å². The molecule has 0 spiro atoms. The highest BCUT2D eigenvalue weighted by Gasteiger charge is 2.08. The molecule has 0 aliphatic carbocycles. The first-order valence-electron chi connectivity index (χ1n) is 4.78. The van der Waals surface area contributed by atoms with Gasteiger partial charge in [-0.25, -0.2) is 4.98 Å². The molecule has 0 amide bonds. The third-order valence-corrected chi connectivity index (χ3v) is 4.09. The first-order chi connectivity index (χ1) is 8.22. The maximum atomic E-state index is 11.2. The summed E-state index contributed by atoms with van der Waals surface area (Å²) in [6.45, 7) is 0. The van der Waals surface area contributed by atoms with Crippen molar-refractivity contribution in [1.82, 2.24) is 9.97 Å². The van der Waals surface area contributed by atoms with Crippen LogP contribution in [0.25, 0.3) is 20.2 Å². The van der Waals surface area contributed by atoms with Crippen LogP contribution in [0.2, 0.25) is 0 Å². The topological polar surface area (TPSA) is 63.1 Å². The Balaban J connectivity index is 2.21. The SMILES string of the molecule is O=c1ccsc(-c2nc3ccc(O)cc3s2)n1. The van der Waals surface area contributed by atoms with Crippen LogP contribution in [0.3, 0.4) is 0 Å². The van der Waals surface area contributed by atoms with E-state index in [0.717, 1.165) is 10.2 Å². The van der Waals surface area contributed by atoms with Crippen LogP contribution >= 0.6 is 22.7 Å². The van der Waals surface area contributed by atoms with Crippen LogP contribution in [0.4, 0.5) is 0 Å². The molecule has 1 aromatic carbocycles. The average Bonchev–Trinajstić information content (AvgIpc) is 2.72.